The molecule has 0 spiro atoms. The lowest BCUT2D eigenvalue weighted by Gasteiger charge is -2.30. The first kappa shape index (κ1) is 24.9. The molecule has 2 aromatic rings. The molecule has 180 valence electrons. The molecular weight excluding hydrogens is 471 g/mol. The molecule has 0 aromatic heterocycles. The number of hydrogen-bond acceptors (Lipinski definition) is 4. The first-order valence-corrected chi connectivity index (χ1v) is 11.4. The molecule has 2 aromatic carbocycles. The molecular formula is C21H21F5N2O4S. The van der Waals surface area contributed by atoms with Crippen molar-refractivity contribution in [2.45, 2.75) is 37.1 Å². The quantitative estimate of drug-likeness (QED) is 0.593. The molecule has 3 rings (SSSR count). The maximum absolute atomic E-state index is 12.9. The third-order valence-corrected chi connectivity index (χ3v) is 7.13. The zero-order valence-electron chi connectivity index (χ0n) is 17.2. The van der Waals surface area contributed by atoms with Crippen LogP contribution in [0.5, 0.6) is 5.75 Å². The van der Waals surface area contributed by atoms with Crippen molar-refractivity contribution in [1.82, 2.24) is 9.62 Å². The minimum Gasteiger partial charge on any atom is -0.435 e. The summed E-state index contributed by atoms with van der Waals surface area (Å²) in [4.78, 5) is 12.0. The Morgan fingerprint density at radius 1 is 1.09 bits per heavy atom. The maximum Gasteiger partial charge on any atom is 0.416 e. The Kier molecular flexibility index (Phi) is 7.58. The molecule has 1 N–H and O–H groups in total. The molecule has 12 heteroatoms. The Morgan fingerprint density at radius 3 is 2.30 bits per heavy atom. The molecule has 0 bridgehead atoms. The van der Waals surface area contributed by atoms with Crippen LogP contribution < -0.4 is 10.1 Å². The van der Waals surface area contributed by atoms with Crippen LogP contribution in [0.25, 0.3) is 0 Å². The van der Waals surface area contributed by atoms with Gasteiger partial charge in [0.05, 0.1) is 10.5 Å². The molecule has 1 amide bonds. The van der Waals surface area contributed by atoms with Gasteiger partial charge in [-0.15, -0.1) is 0 Å². The summed E-state index contributed by atoms with van der Waals surface area (Å²) < 4.78 is 93.9. The van der Waals surface area contributed by atoms with Crippen molar-refractivity contribution in [1.29, 1.82) is 0 Å². The van der Waals surface area contributed by atoms with Gasteiger partial charge in [0, 0.05) is 25.6 Å². The molecule has 0 atom stereocenters. The van der Waals surface area contributed by atoms with Crippen LogP contribution in [-0.4, -0.2) is 38.3 Å². The third kappa shape index (κ3) is 6.41. The van der Waals surface area contributed by atoms with Crippen LogP contribution in [0.3, 0.4) is 0 Å². The summed E-state index contributed by atoms with van der Waals surface area (Å²) in [5, 5.41) is 2.72. The van der Waals surface area contributed by atoms with E-state index in [1.807, 2.05) is 0 Å². The van der Waals surface area contributed by atoms with Crippen molar-refractivity contribution in [3.05, 3.63) is 59.7 Å². The summed E-state index contributed by atoms with van der Waals surface area (Å²) in [5.74, 6) is -0.757. The number of hydrogen-bond donors (Lipinski definition) is 1. The van der Waals surface area contributed by atoms with E-state index < -0.39 is 39.2 Å². The van der Waals surface area contributed by atoms with Crippen LogP contribution >= 0.6 is 0 Å². The lowest BCUT2D eigenvalue weighted by Crippen LogP contribution is -2.42. The van der Waals surface area contributed by atoms with E-state index in [4.69, 9.17) is 0 Å². The van der Waals surface area contributed by atoms with E-state index in [2.05, 4.69) is 10.1 Å². The minimum absolute atomic E-state index is 0.00364. The number of rotatable bonds is 7. The number of alkyl halides is 5. The zero-order chi connectivity index (χ0) is 24.2. The van der Waals surface area contributed by atoms with E-state index in [9.17, 15) is 35.2 Å². The van der Waals surface area contributed by atoms with Gasteiger partial charge in [0.25, 0.3) is 0 Å². The van der Waals surface area contributed by atoms with Gasteiger partial charge in [0.2, 0.25) is 15.9 Å². The van der Waals surface area contributed by atoms with E-state index in [0.717, 1.165) is 22.5 Å². The van der Waals surface area contributed by atoms with E-state index in [1.54, 1.807) is 0 Å². The maximum atomic E-state index is 12.9. The highest BCUT2D eigenvalue weighted by Gasteiger charge is 2.35. The van der Waals surface area contributed by atoms with Gasteiger partial charge in [-0.3, -0.25) is 4.79 Å². The number of nitrogens with one attached hydrogen (secondary N) is 1. The number of amides is 1. The fourth-order valence-corrected chi connectivity index (χ4v) is 4.98. The molecule has 0 radical (unpaired) electrons. The number of ether oxygens (including phenoxy) is 1. The van der Waals surface area contributed by atoms with Gasteiger partial charge < -0.3 is 10.1 Å². The molecule has 0 unspecified atom stereocenters. The van der Waals surface area contributed by atoms with Crippen LogP contribution in [0.1, 0.15) is 24.0 Å². The molecule has 1 fully saturated rings. The van der Waals surface area contributed by atoms with Crippen molar-refractivity contribution < 1.29 is 39.9 Å². The molecule has 6 nitrogen and oxygen atoms in total. The fraction of sp³-hybridized carbons (Fsp3) is 0.381. The van der Waals surface area contributed by atoms with Gasteiger partial charge >= 0.3 is 12.8 Å². The van der Waals surface area contributed by atoms with Crippen LogP contribution in [0.2, 0.25) is 0 Å². The Morgan fingerprint density at radius 2 is 1.73 bits per heavy atom. The van der Waals surface area contributed by atoms with Crippen LogP contribution in [0, 0.1) is 5.92 Å². The summed E-state index contributed by atoms with van der Waals surface area (Å²) in [6.07, 6.45) is -4.23. The second-order valence-corrected chi connectivity index (χ2v) is 9.38. The summed E-state index contributed by atoms with van der Waals surface area (Å²) in [6, 6.07) is 9.32. The highest BCUT2D eigenvalue weighted by atomic mass is 32.2. The normalized spacial score (nSPS) is 16.1. The predicted molar refractivity (Wildman–Crippen MR) is 108 cm³/mol. The molecule has 0 saturated carbocycles. The molecule has 1 saturated heterocycles. The van der Waals surface area contributed by atoms with Crippen molar-refractivity contribution >= 4 is 15.9 Å². The van der Waals surface area contributed by atoms with Crippen LogP contribution in [0.15, 0.2) is 53.4 Å². The number of piperidine rings is 1. The highest BCUT2D eigenvalue weighted by Crippen LogP contribution is 2.32. The Labute approximate surface area is 187 Å². The van der Waals surface area contributed by atoms with E-state index in [-0.39, 0.29) is 44.1 Å². The molecule has 1 heterocycles. The first-order valence-electron chi connectivity index (χ1n) is 9.95. The molecule has 1 aliphatic rings. The number of carbonyl (C=O) groups is 1. The van der Waals surface area contributed by atoms with E-state index >= 15 is 0 Å². The summed E-state index contributed by atoms with van der Waals surface area (Å²) in [6.45, 7) is -2.79. The number of benzene rings is 2. The average molecular weight is 492 g/mol. The van der Waals surface area contributed by atoms with Gasteiger partial charge in [0.15, 0.2) is 0 Å². The van der Waals surface area contributed by atoms with E-state index in [1.165, 1.54) is 24.3 Å². The van der Waals surface area contributed by atoms with Crippen molar-refractivity contribution in [2.24, 2.45) is 5.92 Å². The SMILES string of the molecule is O=C(NCc1ccc(OC(F)F)cc1)C1CCN(S(=O)(=O)c2cccc(C(F)(F)F)c2)CC1. The zero-order valence-corrected chi connectivity index (χ0v) is 18.0. The number of carbonyl (C=O) groups excluding carboxylic acids is 1. The number of halogens is 5. The van der Waals surface area contributed by atoms with Gasteiger partial charge in [-0.05, 0) is 48.7 Å². The van der Waals surface area contributed by atoms with Gasteiger partial charge in [-0.25, -0.2) is 8.42 Å². The van der Waals surface area contributed by atoms with Crippen LogP contribution in [-0.2, 0) is 27.5 Å². The van der Waals surface area contributed by atoms with Crippen LogP contribution in [0.4, 0.5) is 22.0 Å². The minimum atomic E-state index is -4.66. The van der Waals surface area contributed by atoms with Crippen molar-refractivity contribution in [2.75, 3.05) is 13.1 Å². The fourth-order valence-electron chi connectivity index (χ4n) is 3.46. The van der Waals surface area contributed by atoms with Crippen molar-refractivity contribution in [3.8, 4) is 5.75 Å². The Bertz CT molecular complexity index is 1070. The number of nitrogens with zero attached hydrogens (tertiary/aromatic N) is 1. The summed E-state index contributed by atoms with van der Waals surface area (Å²) >= 11 is 0. The molecule has 0 aliphatic carbocycles. The highest BCUT2D eigenvalue weighted by molar-refractivity contribution is 7.89. The Hall–Kier alpha value is -2.73. The third-order valence-electron chi connectivity index (χ3n) is 5.24. The van der Waals surface area contributed by atoms with Gasteiger partial charge in [-0.2, -0.15) is 26.3 Å². The van der Waals surface area contributed by atoms with Crippen molar-refractivity contribution in [3.63, 3.8) is 0 Å². The van der Waals surface area contributed by atoms with Gasteiger partial charge in [-0.1, -0.05) is 18.2 Å². The topological polar surface area (TPSA) is 75.7 Å². The first-order chi connectivity index (χ1) is 15.5. The number of sulfonamides is 1. The van der Waals surface area contributed by atoms with Gasteiger partial charge in [0.1, 0.15) is 5.75 Å². The van der Waals surface area contributed by atoms with E-state index in [0.29, 0.717) is 11.6 Å². The average Bonchev–Trinajstić information content (AvgIpc) is 2.77. The molecule has 1 aliphatic heterocycles. The summed E-state index contributed by atoms with van der Waals surface area (Å²) in [5.41, 5.74) is -0.388. The standard InChI is InChI=1S/C21H21F5N2O4S/c22-20(23)32-17-6-4-14(5-7-17)13-27-19(29)15-8-10-28(11-9-15)33(30,31)18-3-1-2-16(12-18)21(24,25)26/h1-7,12,15,20H,8-11,13H2,(H,27,29). The monoisotopic (exact) mass is 492 g/mol. The molecule has 33 heavy (non-hydrogen) atoms. The lowest BCUT2D eigenvalue weighted by molar-refractivity contribution is -0.137. The Balaban J connectivity index is 1.54. The summed E-state index contributed by atoms with van der Waals surface area (Å²) in [7, 11) is -4.13. The predicted octanol–water partition coefficient (Wildman–Crippen LogP) is 4.02. The second kappa shape index (κ2) is 10.0. The largest absolute Gasteiger partial charge is 0.435 e. The smallest absolute Gasteiger partial charge is 0.416 e. The second-order valence-electron chi connectivity index (χ2n) is 7.44. The lowest BCUT2D eigenvalue weighted by atomic mass is 9.97.